The number of nitrogens with one attached hydrogen (secondary N) is 1. The van der Waals surface area contributed by atoms with E-state index in [-0.39, 0.29) is 23.6 Å². The van der Waals surface area contributed by atoms with E-state index < -0.39 is 0 Å². The van der Waals surface area contributed by atoms with Gasteiger partial charge >= 0.3 is 0 Å². The number of hydrogen-bond donors (Lipinski definition) is 3. The van der Waals surface area contributed by atoms with Crippen molar-refractivity contribution < 1.29 is 5.11 Å². The molecule has 7 nitrogen and oxygen atoms in total. The Hall–Kier alpha value is -2.33. The van der Waals surface area contributed by atoms with Crippen molar-refractivity contribution in [2.45, 2.75) is 6.54 Å². The smallest absolute Gasteiger partial charge is 0.280 e. The molecule has 0 saturated heterocycles. The van der Waals surface area contributed by atoms with Crippen LogP contribution >= 0.6 is 0 Å². The van der Waals surface area contributed by atoms with E-state index in [4.69, 9.17) is 10.8 Å². The second-order valence-electron chi connectivity index (χ2n) is 3.01. The minimum atomic E-state index is -0.378. The third-order valence-electron chi connectivity index (χ3n) is 1.95. The van der Waals surface area contributed by atoms with Gasteiger partial charge in [0.2, 0.25) is 5.95 Å². The molecule has 0 unspecified atom stereocenters. The molecular weight excluding hydrogens is 210 g/mol. The lowest BCUT2D eigenvalue weighted by Crippen LogP contribution is -2.12. The van der Waals surface area contributed by atoms with E-state index in [0.717, 1.165) is 0 Å². The Morgan fingerprint density at radius 3 is 3.12 bits per heavy atom. The molecule has 2 rings (SSSR count). The topological polar surface area (TPSA) is 110 Å². The van der Waals surface area contributed by atoms with Gasteiger partial charge in [0.1, 0.15) is 6.61 Å². The van der Waals surface area contributed by atoms with E-state index in [1.54, 1.807) is 4.57 Å². The number of aliphatic hydroxyl groups is 1. The summed E-state index contributed by atoms with van der Waals surface area (Å²) in [4.78, 5) is 21.6. The molecule has 2 heterocycles. The van der Waals surface area contributed by atoms with Gasteiger partial charge in [0.05, 0.1) is 12.9 Å². The maximum Gasteiger partial charge on any atom is 0.280 e. The summed E-state index contributed by atoms with van der Waals surface area (Å²) in [5, 5.41) is 8.51. The molecule has 0 spiro atoms. The molecule has 0 aliphatic carbocycles. The average Bonchev–Trinajstić information content (AvgIpc) is 2.62. The molecule has 0 radical (unpaired) electrons. The molecule has 7 heteroatoms. The number of nitrogens with two attached hydrogens (primary N) is 1. The number of nitrogens with zero attached hydrogens (tertiary/aromatic N) is 3. The quantitative estimate of drug-likeness (QED) is 0.516. The Labute approximate surface area is 89.9 Å². The molecule has 0 aliphatic heterocycles. The zero-order valence-corrected chi connectivity index (χ0v) is 8.27. The molecule has 0 amide bonds. The number of aliphatic hydroxyl groups excluding tert-OH is 1. The van der Waals surface area contributed by atoms with Crippen molar-refractivity contribution in [3.63, 3.8) is 0 Å². The van der Waals surface area contributed by atoms with E-state index in [1.165, 1.54) is 6.33 Å². The minimum absolute atomic E-state index is 0.0365. The Kier molecular flexibility index (Phi) is 2.57. The number of rotatable bonds is 1. The Bertz CT molecular complexity index is 631. The van der Waals surface area contributed by atoms with E-state index >= 15 is 0 Å². The molecular formula is C9H9N5O2. The van der Waals surface area contributed by atoms with Crippen LogP contribution in [0, 0.1) is 11.8 Å². The monoisotopic (exact) mass is 219 g/mol. The van der Waals surface area contributed by atoms with Crippen LogP contribution in [0.3, 0.4) is 0 Å². The number of anilines is 1. The third kappa shape index (κ3) is 1.74. The lowest BCUT2D eigenvalue weighted by Gasteiger charge is -1.97. The molecule has 0 aromatic carbocycles. The van der Waals surface area contributed by atoms with Crippen LogP contribution < -0.4 is 11.3 Å². The third-order valence-corrected chi connectivity index (χ3v) is 1.95. The molecule has 0 bridgehead atoms. The number of nitrogen functional groups attached to an aromatic ring is 1. The fourth-order valence-corrected chi connectivity index (χ4v) is 1.28. The molecule has 2 aromatic heterocycles. The number of imidazole rings is 1. The molecule has 0 aliphatic rings. The molecule has 0 atom stereocenters. The molecule has 0 saturated carbocycles. The maximum atomic E-state index is 11.4. The highest BCUT2D eigenvalue weighted by molar-refractivity contribution is 5.70. The first kappa shape index (κ1) is 10.2. The molecule has 2 aromatic rings. The van der Waals surface area contributed by atoms with Crippen molar-refractivity contribution in [2.24, 2.45) is 0 Å². The SMILES string of the molecule is Nc1nc2c(ncn2CC#CCO)c(=O)[nH]1. The van der Waals surface area contributed by atoms with Crippen LogP contribution in [0.1, 0.15) is 0 Å². The van der Waals surface area contributed by atoms with Crippen molar-refractivity contribution >= 4 is 17.1 Å². The molecule has 82 valence electrons. The molecule has 4 N–H and O–H groups in total. The van der Waals surface area contributed by atoms with Gasteiger partial charge in [0.25, 0.3) is 5.56 Å². The lowest BCUT2D eigenvalue weighted by atomic mass is 10.5. The van der Waals surface area contributed by atoms with Crippen molar-refractivity contribution in [3.8, 4) is 11.8 Å². The number of aromatic nitrogens is 4. The lowest BCUT2D eigenvalue weighted by molar-refractivity contribution is 0.350. The number of fused-ring (bicyclic) bond motifs is 1. The van der Waals surface area contributed by atoms with Gasteiger partial charge in [-0.2, -0.15) is 4.98 Å². The van der Waals surface area contributed by atoms with Crippen molar-refractivity contribution in [1.29, 1.82) is 0 Å². The zero-order chi connectivity index (χ0) is 11.5. The van der Waals surface area contributed by atoms with Gasteiger partial charge in [0, 0.05) is 0 Å². The highest BCUT2D eigenvalue weighted by atomic mass is 16.2. The van der Waals surface area contributed by atoms with E-state index in [1.807, 2.05) is 0 Å². The summed E-state index contributed by atoms with van der Waals surface area (Å²) in [6.45, 7) is 0.0930. The molecule has 16 heavy (non-hydrogen) atoms. The van der Waals surface area contributed by atoms with Crippen LogP contribution in [-0.2, 0) is 6.54 Å². The summed E-state index contributed by atoms with van der Waals surface area (Å²) < 4.78 is 1.59. The van der Waals surface area contributed by atoms with Crippen LogP contribution in [-0.4, -0.2) is 31.2 Å². The van der Waals surface area contributed by atoms with Crippen LogP contribution in [0.5, 0.6) is 0 Å². The standard InChI is InChI=1S/C9H9N5O2/c10-9-12-7-6(8(16)13-9)11-5-14(7)3-1-2-4-15/h5,15H,3-4H2,(H3,10,12,13,16). The first-order valence-electron chi connectivity index (χ1n) is 4.49. The normalized spacial score (nSPS) is 10.1. The van der Waals surface area contributed by atoms with Gasteiger partial charge in [-0.1, -0.05) is 11.8 Å². The van der Waals surface area contributed by atoms with E-state index in [2.05, 4.69) is 26.8 Å². The summed E-state index contributed by atoms with van der Waals surface area (Å²) in [6.07, 6.45) is 1.46. The van der Waals surface area contributed by atoms with Gasteiger partial charge in [-0.3, -0.25) is 9.78 Å². The predicted molar refractivity (Wildman–Crippen MR) is 57.4 cm³/mol. The summed E-state index contributed by atoms with van der Waals surface area (Å²) >= 11 is 0. The van der Waals surface area contributed by atoms with Crippen molar-refractivity contribution in [1.82, 2.24) is 19.5 Å². The summed E-state index contributed by atoms with van der Waals surface area (Å²) in [6, 6.07) is 0. The first-order valence-corrected chi connectivity index (χ1v) is 4.49. The van der Waals surface area contributed by atoms with Gasteiger partial charge in [-0.15, -0.1) is 0 Å². The van der Waals surface area contributed by atoms with Crippen molar-refractivity contribution in [3.05, 3.63) is 16.7 Å². The average molecular weight is 219 g/mol. The highest BCUT2D eigenvalue weighted by Crippen LogP contribution is 2.05. The fraction of sp³-hybridized carbons (Fsp3) is 0.222. The van der Waals surface area contributed by atoms with Gasteiger partial charge in [0.15, 0.2) is 11.2 Å². The minimum Gasteiger partial charge on any atom is -0.384 e. The Morgan fingerprint density at radius 1 is 1.56 bits per heavy atom. The highest BCUT2D eigenvalue weighted by Gasteiger charge is 2.07. The van der Waals surface area contributed by atoms with Gasteiger partial charge in [-0.25, -0.2) is 4.98 Å². The van der Waals surface area contributed by atoms with Gasteiger partial charge < -0.3 is 15.4 Å². The van der Waals surface area contributed by atoms with Crippen molar-refractivity contribution in [2.75, 3.05) is 12.3 Å². The Morgan fingerprint density at radius 2 is 2.38 bits per heavy atom. The summed E-state index contributed by atoms with van der Waals surface area (Å²) in [5.74, 6) is 5.23. The van der Waals surface area contributed by atoms with Gasteiger partial charge in [-0.05, 0) is 0 Å². The number of hydrogen-bond acceptors (Lipinski definition) is 5. The summed E-state index contributed by atoms with van der Waals surface area (Å²) in [7, 11) is 0. The zero-order valence-electron chi connectivity index (χ0n) is 8.27. The molecule has 0 fully saturated rings. The van der Waals surface area contributed by atoms with Crippen LogP contribution in [0.25, 0.3) is 11.2 Å². The van der Waals surface area contributed by atoms with Crippen LogP contribution in [0.15, 0.2) is 11.1 Å². The van der Waals surface area contributed by atoms with Crippen LogP contribution in [0.2, 0.25) is 0 Å². The summed E-state index contributed by atoms with van der Waals surface area (Å²) in [5.41, 5.74) is 5.65. The van der Waals surface area contributed by atoms with E-state index in [9.17, 15) is 4.79 Å². The maximum absolute atomic E-state index is 11.4. The Balaban J connectivity index is 2.52. The second-order valence-corrected chi connectivity index (χ2v) is 3.01. The van der Waals surface area contributed by atoms with Crippen LogP contribution in [0.4, 0.5) is 5.95 Å². The largest absolute Gasteiger partial charge is 0.384 e. The van der Waals surface area contributed by atoms with E-state index in [0.29, 0.717) is 12.2 Å². The fourth-order valence-electron chi connectivity index (χ4n) is 1.28. The number of H-pyrrole nitrogens is 1. The first-order chi connectivity index (χ1) is 7.72. The number of aromatic amines is 1. The second kappa shape index (κ2) is 4.04. The predicted octanol–water partition coefficient (Wildman–Crippen LogP) is -1.30.